The van der Waals surface area contributed by atoms with Crippen molar-refractivity contribution in [2.24, 2.45) is 23.2 Å². The Balaban J connectivity index is 2.99. The van der Waals surface area contributed by atoms with Crippen LogP contribution in [0, 0.1) is 23.2 Å². The van der Waals surface area contributed by atoms with Crippen LogP contribution in [0.5, 0.6) is 0 Å². The minimum atomic E-state index is -0.179. The van der Waals surface area contributed by atoms with E-state index in [1.54, 1.807) is 0 Å². The summed E-state index contributed by atoms with van der Waals surface area (Å²) in [6, 6.07) is 0. The lowest BCUT2D eigenvalue weighted by atomic mass is 9.63. The highest BCUT2D eigenvalue weighted by Crippen LogP contribution is 2.43. The van der Waals surface area contributed by atoms with E-state index in [0.29, 0.717) is 12.3 Å². The van der Waals surface area contributed by atoms with Gasteiger partial charge in [0.2, 0.25) is 11.8 Å². The molecule has 2 amide bonds. The van der Waals surface area contributed by atoms with Crippen LogP contribution in [0.1, 0.15) is 47.5 Å². The Hall–Kier alpha value is -0.860. The Morgan fingerprint density at radius 3 is 2.31 bits per heavy atom. The first-order valence-electron chi connectivity index (χ1n) is 6.10. The molecular weight excluding hydrogens is 202 g/mol. The molecule has 1 fully saturated rings. The van der Waals surface area contributed by atoms with Crippen LogP contribution < -0.4 is 5.32 Å². The third-order valence-electron chi connectivity index (χ3n) is 3.40. The van der Waals surface area contributed by atoms with Gasteiger partial charge in [0.05, 0.1) is 0 Å². The zero-order valence-electron chi connectivity index (χ0n) is 11.0. The molecule has 0 aromatic heterocycles. The molecule has 1 heterocycles. The molecule has 0 aromatic rings. The highest BCUT2D eigenvalue weighted by atomic mass is 16.2. The van der Waals surface area contributed by atoms with E-state index in [1.807, 2.05) is 0 Å². The molecule has 1 rings (SSSR count). The van der Waals surface area contributed by atoms with Crippen LogP contribution in [0.15, 0.2) is 0 Å². The molecule has 92 valence electrons. The molecule has 0 bridgehead atoms. The normalized spacial score (nSPS) is 31.1. The summed E-state index contributed by atoms with van der Waals surface area (Å²) in [6.45, 7) is 10.5. The predicted octanol–water partition coefficient (Wildman–Crippen LogP) is 2.36. The first-order chi connectivity index (χ1) is 7.26. The summed E-state index contributed by atoms with van der Waals surface area (Å²) in [7, 11) is 0. The van der Waals surface area contributed by atoms with Crippen molar-refractivity contribution in [3.63, 3.8) is 0 Å². The van der Waals surface area contributed by atoms with E-state index in [-0.39, 0.29) is 29.1 Å². The minimum Gasteiger partial charge on any atom is -0.296 e. The van der Waals surface area contributed by atoms with Gasteiger partial charge in [0.15, 0.2) is 0 Å². The molecule has 1 aliphatic rings. The Bertz CT molecular complexity index is 296. The largest absolute Gasteiger partial charge is 0.296 e. The summed E-state index contributed by atoms with van der Waals surface area (Å²) < 4.78 is 0. The molecule has 0 radical (unpaired) electrons. The topological polar surface area (TPSA) is 46.2 Å². The van der Waals surface area contributed by atoms with Crippen molar-refractivity contribution in [2.45, 2.75) is 47.5 Å². The molecule has 2 unspecified atom stereocenters. The number of piperidine rings is 1. The number of imide groups is 1. The van der Waals surface area contributed by atoms with E-state index in [9.17, 15) is 9.59 Å². The van der Waals surface area contributed by atoms with E-state index in [0.717, 1.165) is 6.42 Å². The van der Waals surface area contributed by atoms with Gasteiger partial charge in [-0.2, -0.15) is 0 Å². The van der Waals surface area contributed by atoms with Gasteiger partial charge in [0, 0.05) is 12.3 Å². The highest BCUT2D eigenvalue weighted by Gasteiger charge is 2.46. The molecule has 0 aliphatic carbocycles. The van der Waals surface area contributed by atoms with Gasteiger partial charge >= 0.3 is 0 Å². The van der Waals surface area contributed by atoms with Gasteiger partial charge in [0.25, 0.3) is 0 Å². The number of carbonyl (C=O) groups is 2. The number of amides is 2. The zero-order valence-corrected chi connectivity index (χ0v) is 11.0. The molecular formula is C13H23NO2. The lowest BCUT2D eigenvalue weighted by molar-refractivity contribution is -0.145. The van der Waals surface area contributed by atoms with E-state index in [2.05, 4.69) is 39.9 Å². The number of carbonyl (C=O) groups excluding carboxylic acids is 2. The maximum Gasteiger partial charge on any atom is 0.230 e. The molecule has 0 aromatic carbocycles. The van der Waals surface area contributed by atoms with Crippen LogP contribution in [0.2, 0.25) is 0 Å². The second-order valence-electron chi connectivity index (χ2n) is 6.06. The lowest BCUT2D eigenvalue weighted by Crippen LogP contribution is -2.53. The fraction of sp³-hybridized carbons (Fsp3) is 0.846. The smallest absolute Gasteiger partial charge is 0.230 e. The second kappa shape index (κ2) is 4.56. The first kappa shape index (κ1) is 13.2. The average Bonchev–Trinajstić information content (AvgIpc) is 1.96. The number of nitrogens with one attached hydrogen (secondary N) is 1. The Labute approximate surface area is 98.0 Å². The van der Waals surface area contributed by atoms with E-state index in [1.165, 1.54) is 0 Å². The minimum absolute atomic E-state index is 0.0485. The molecule has 1 N–H and O–H groups in total. The molecule has 3 nitrogen and oxygen atoms in total. The monoisotopic (exact) mass is 225 g/mol. The van der Waals surface area contributed by atoms with Crippen LogP contribution in [0.3, 0.4) is 0 Å². The summed E-state index contributed by atoms with van der Waals surface area (Å²) in [5, 5.41) is 2.46. The van der Waals surface area contributed by atoms with Crippen molar-refractivity contribution >= 4 is 11.8 Å². The van der Waals surface area contributed by atoms with Gasteiger partial charge in [0.1, 0.15) is 0 Å². The van der Waals surface area contributed by atoms with E-state index < -0.39 is 0 Å². The van der Waals surface area contributed by atoms with Crippen LogP contribution in [-0.4, -0.2) is 11.8 Å². The van der Waals surface area contributed by atoms with Crippen molar-refractivity contribution in [1.82, 2.24) is 5.32 Å². The van der Waals surface area contributed by atoms with Crippen LogP contribution in [0.4, 0.5) is 0 Å². The summed E-state index contributed by atoms with van der Waals surface area (Å²) in [5.74, 6) is 0.522. The second-order valence-corrected chi connectivity index (χ2v) is 6.06. The standard InChI is InChI=1S/C13H23NO2/c1-8(2)6-13(5)7-10(15)14-12(16)11(13)9(3)4/h8-9,11H,6-7H2,1-5H3,(H,14,15,16). The van der Waals surface area contributed by atoms with Crippen LogP contribution >= 0.6 is 0 Å². The van der Waals surface area contributed by atoms with Crippen molar-refractivity contribution in [1.29, 1.82) is 0 Å². The highest BCUT2D eigenvalue weighted by molar-refractivity contribution is 5.99. The Morgan fingerprint density at radius 1 is 1.31 bits per heavy atom. The average molecular weight is 225 g/mol. The number of hydrogen-bond acceptors (Lipinski definition) is 2. The van der Waals surface area contributed by atoms with Crippen molar-refractivity contribution in [3.05, 3.63) is 0 Å². The molecule has 0 saturated carbocycles. The maximum atomic E-state index is 11.9. The summed E-state index contributed by atoms with van der Waals surface area (Å²) >= 11 is 0. The van der Waals surface area contributed by atoms with Crippen molar-refractivity contribution < 1.29 is 9.59 Å². The summed E-state index contributed by atoms with van der Waals surface area (Å²) in [6.07, 6.45) is 1.40. The van der Waals surface area contributed by atoms with E-state index >= 15 is 0 Å². The lowest BCUT2D eigenvalue weighted by Gasteiger charge is -2.43. The van der Waals surface area contributed by atoms with Crippen LogP contribution in [-0.2, 0) is 9.59 Å². The fourth-order valence-electron chi connectivity index (χ4n) is 3.29. The quantitative estimate of drug-likeness (QED) is 0.749. The maximum absolute atomic E-state index is 11.9. The van der Waals surface area contributed by atoms with Gasteiger partial charge < -0.3 is 0 Å². The third-order valence-corrected chi connectivity index (χ3v) is 3.40. The van der Waals surface area contributed by atoms with Crippen molar-refractivity contribution in [2.75, 3.05) is 0 Å². The van der Waals surface area contributed by atoms with Gasteiger partial charge in [-0.05, 0) is 23.7 Å². The van der Waals surface area contributed by atoms with Gasteiger partial charge in [-0.15, -0.1) is 0 Å². The summed E-state index contributed by atoms with van der Waals surface area (Å²) in [5.41, 5.74) is -0.179. The Kier molecular flexibility index (Phi) is 3.76. The summed E-state index contributed by atoms with van der Waals surface area (Å²) in [4.78, 5) is 23.4. The molecule has 3 heteroatoms. The van der Waals surface area contributed by atoms with Gasteiger partial charge in [-0.3, -0.25) is 14.9 Å². The molecule has 1 aliphatic heterocycles. The molecule has 1 saturated heterocycles. The molecule has 0 spiro atoms. The number of rotatable bonds is 3. The fourth-order valence-corrected chi connectivity index (χ4v) is 3.29. The number of hydrogen-bond donors (Lipinski definition) is 1. The third kappa shape index (κ3) is 2.63. The zero-order chi connectivity index (χ0) is 12.5. The van der Waals surface area contributed by atoms with E-state index in [4.69, 9.17) is 0 Å². The van der Waals surface area contributed by atoms with Crippen LogP contribution in [0.25, 0.3) is 0 Å². The first-order valence-corrected chi connectivity index (χ1v) is 6.10. The molecule has 2 atom stereocenters. The SMILES string of the molecule is CC(C)CC1(C)CC(=O)NC(=O)C1C(C)C. The predicted molar refractivity (Wildman–Crippen MR) is 63.7 cm³/mol. The van der Waals surface area contributed by atoms with Crippen molar-refractivity contribution in [3.8, 4) is 0 Å². The molecule has 16 heavy (non-hydrogen) atoms. The van der Waals surface area contributed by atoms with Gasteiger partial charge in [-0.1, -0.05) is 34.6 Å². The van der Waals surface area contributed by atoms with Gasteiger partial charge in [-0.25, -0.2) is 0 Å². The Morgan fingerprint density at radius 2 is 1.88 bits per heavy atom.